The number of ether oxygens (including phenoxy) is 1. The van der Waals surface area contributed by atoms with Crippen molar-refractivity contribution >= 4 is 41.3 Å². The summed E-state index contributed by atoms with van der Waals surface area (Å²) in [5.41, 5.74) is 1.38. The van der Waals surface area contributed by atoms with E-state index < -0.39 is 5.60 Å². The molecule has 2 aromatic rings. The maximum absolute atomic E-state index is 10.7. The van der Waals surface area contributed by atoms with Gasteiger partial charge in [0, 0.05) is 18.0 Å². The highest BCUT2D eigenvalue weighted by atomic mass is 127. The fraction of sp³-hybridized carbons (Fsp3) is 0.476. The number of hydrogen-bond acceptors (Lipinski definition) is 4. The number of benzene rings is 1. The molecule has 0 spiro atoms. The van der Waals surface area contributed by atoms with Gasteiger partial charge in [-0.3, -0.25) is 0 Å². The van der Waals surface area contributed by atoms with Gasteiger partial charge in [0.2, 0.25) is 0 Å². The number of halogens is 1. The maximum atomic E-state index is 10.7. The Balaban J connectivity index is 0.00000392. The molecule has 1 aromatic heterocycles. The number of rotatable bonds is 10. The molecule has 0 aliphatic carbocycles. The molecular formula is C21H32IN3O2S. The average molecular weight is 517 g/mol. The number of guanidine groups is 1. The molecule has 0 aliphatic heterocycles. The second-order valence-corrected chi connectivity index (χ2v) is 7.57. The van der Waals surface area contributed by atoms with Gasteiger partial charge < -0.3 is 20.5 Å². The largest absolute Gasteiger partial charge is 0.383 e. The van der Waals surface area contributed by atoms with E-state index in [1.807, 2.05) is 43.5 Å². The van der Waals surface area contributed by atoms with E-state index in [9.17, 15) is 5.11 Å². The van der Waals surface area contributed by atoms with E-state index >= 15 is 0 Å². The summed E-state index contributed by atoms with van der Waals surface area (Å²) in [6, 6.07) is 12.1. The zero-order chi connectivity index (χ0) is 19.5. The van der Waals surface area contributed by atoms with Crippen molar-refractivity contribution < 1.29 is 9.84 Å². The van der Waals surface area contributed by atoms with Gasteiger partial charge in [-0.2, -0.15) is 0 Å². The normalized spacial score (nSPS) is 13.5. The molecule has 1 unspecified atom stereocenters. The first-order valence-corrected chi connectivity index (χ1v) is 10.4. The predicted octanol–water partition coefficient (Wildman–Crippen LogP) is 4.26. The van der Waals surface area contributed by atoms with Gasteiger partial charge in [0.1, 0.15) is 5.60 Å². The molecular weight excluding hydrogens is 485 g/mol. The first-order chi connectivity index (χ1) is 13.1. The minimum absolute atomic E-state index is 0. The van der Waals surface area contributed by atoms with Crippen molar-refractivity contribution in [1.82, 2.24) is 10.6 Å². The van der Waals surface area contributed by atoms with Crippen LogP contribution in [-0.2, 0) is 23.5 Å². The van der Waals surface area contributed by atoms with E-state index in [0.717, 1.165) is 35.6 Å². The lowest BCUT2D eigenvalue weighted by Gasteiger charge is -2.23. The van der Waals surface area contributed by atoms with Crippen molar-refractivity contribution in [2.45, 2.75) is 45.9 Å². The van der Waals surface area contributed by atoms with Crippen molar-refractivity contribution in [2.75, 3.05) is 19.7 Å². The molecule has 7 heteroatoms. The Morgan fingerprint density at radius 3 is 2.54 bits per heavy atom. The second kappa shape index (κ2) is 13.1. The van der Waals surface area contributed by atoms with Gasteiger partial charge in [0.25, 0.3) is 0 Å². The van der Waals surface area contributed by atoms with Gasteiger partial charge in [0.15, 0.2) is 5.96 Å². The molecule has 0 aliphatic rings. The molecule has 0 amide bonds. The maximum Gasteiger partial charge on any atom is 0.191 e. The Labute approximate surface area is 189 Å². The van der Waals surface area contributed by atoms with Crippen LogP contribution in [0.4, 0.5) is 0 Å². The van der Waals surface area contributed by atoms with E-state index in [0.29, 0.717) is 25.7 Å². The van der Waals surface area contributed by atoms with E-state index in [2.05, 4.69) is 34.7 Å². The van der Waals surface area contributed by atoms with Gasteiger partial charge in [0.05, 0.1) is 19.7 Å². The highest BCUT2D eigenvalue weighted by molar-refractivity contribution is 14.0. The van der Waals surface area contributed by atoms with E-state index in [1.165, 1.54) is 0 Å². The minimum atomic E-state index is -0.934. The number of hydrogen-bond donors (Lipinski definition) is 3. The van der Waals surface area contributed by atoms with Crippen molar-refractivity contribution in [3.63, 3.8) is 0 Å². The smallest absolute Gasteiger partial charge is 0.191 e. The van der Waals surface area contributed by atoms with Crippen LogP contribution in [0.5, 0.6) is 0 Å². The molecule has 1 aromatic carbocycles. The summed E-state index contributed by atoms with van der Waals surface area (Å²) in [6.07, 6.45) is 1.01. The SMILES string of the molecule is CCCOCc1ccccc1CN=C(NCC)NCC(C)(O)c1cccs1.I. The summed E-state index contributed by atoms with van der Waals surface area (Å²) >= 11 is 1.55. The minimum Gasteiger partial charge on any atom is -0.383 e. The summed E-state index contributed by atoms with van der Waals surface area (Å²) in [7, 11) is 0. The molecule has 0 saturated carbocycles. The summed E-state index contributed by atoms with van der Waals surface area (Å²) in [6.45, 7) is 9.03. The van der Waals surface area contributed by atoms with Crippen molar-refractivity contribution in [3.05, 3.63) is 57.8 Å². The molecule has 0 fully saturated rings. The lowest BCUT2D eigenvalue weighted by Crippen LogP contribution is -2.44. The zero-order valence-corrected chi connectivity index (χ0v) is 20.1. The molecule has 1 heterocycles. The second-order valence-electron chi connectivity index (χ2n) is 6.62. The highest BCUT2D eigenvalue weighted by Gasteiger charge is 2.24. The first-order valence-electron chi connectivity index (χ1n) is 9.50. The van der Waals surface area contributed by atoms with Gasteiger partial charge in [-0.15, -0.1) is 35.3 Å². The van der Waals surface area contributed by atoms with Gasteiger partial charge in [-0.1, -0.05) is 37.3 Å². The molecule has 0 bridgehead atoms. The Morgan fingerprint density at radius 2 is 1.89 bits per heavy atom. The van der Waals surface area contributed by atoms with Crippen LogP contribution >= 0.6 is 35.3 Å². The molecule has 3 N–H and O–H groups in total. The predicted molar refractivity (Wildman–Crippen MR) is 129 cm³/mol. The molecule has 0 saturated heterocycles. The summed E-state index contributed by atoms with van der Waals surface area (Å²) in [5.74, 6) is 0.693. The topological polar surface area (TPSA) is 65.9 Å². The first kappa shape index (κ1) is 24.9. The number of aliphatic hydroxyl groups is 1. The fourth-order valence-electron chi connectivity index (χ4n) is 2.61. The third kappa shape index (κ3) is 8.06. The van der Waals surface area contributed by atoms with Crippen LogP contribution in [0.1, 0.15) is 43.2 Å². The van der Waals surface area contributed by atoms with E-state index in [-0.39, 0.29) is 24.0 Å². The van der Waals surface area contributed by atoms with Crippen LogP contribution in [0.3, 0.4) is 0 Å². The molecule has 5 nitrogen and oxygen atoms in total. The van der Waals surface area contributed by atoms with Crippen LogP contribution in [0.15, 0.2) is 46.8 Å². The van der Waals surface area contributed by atoms with Gasteiger partial charge in [-0.05, 0) is 42.8 Å². The summed E-state index contributed by atoms with van der Waals surface area (Å²) in [5, 5.41) is 19.2. The third-order valence-electron chi connectivity index (χ3n) is 4.13. The van der Waals surface area contributed by atoms with Gasteiger partial charge in [-0.25, -0.2) is 4.99 Å². The Morgan fingerprint density at radius 1 is 1.14 bits per heavy atom. The van der Waals surface area contributed by atoms with Crippen LogP contribution in [0.2, 0.25) is 0 Å². The summed E-state index contributed by atoms with van der Waals surface area (Å²) < 4.78 is 5.69. The van der Waals surface area contributed by atoms with Crippen molar-refractivity contribution in [2.24, 2.45) is 4.99 Å². The fourth-order valence-corrected chi connectivity index (χ4v) is 3.40. The number of nitrogens with zero attached hydrogens (tertiary/aromatic N) is 1. The van der Waals surface area contributed by atoms with Crippen LogP contribution < -0.4 is 10.6 Å². The molecule has 0 radical (unpaired) electrons. The van der Waals surface area contributed by atoms with Crippen molar-refractivity contribution in [3.8, 4) is 0 Å². The molecule has 2 rings (SSSR count). The number of thiophene rings is 1. The summed E-state index contributed by atoms with van der Waals surface area (Å²) in [4.78, 5) is 5.62. The van der Waals surface area contributed by atoms with Crippen LogP contribution in [0, 0.1) is 0 Å². The monoisotopic (exact) mass is 517 g/mol. The Hall–Kier alpha value is -1.16. The lowest BCUT2D eigenvalue weighted by molar-refractivity contribution is 0.0655. The number of aliphatic imine (C=N–C) groups is 1. The average Bonchev–Trinajstić information content (AvgIpc) is 3.21. The molecule has 28 heavy (non-hydrogen) atoms. The lowest BCUT2D eigenvalue weighted by atomic mass is 10.1. The standard InChI is InChI=1S/C21H31N3O2S.HI/c1-4-12-26-15-18-10-7-6-9-17(18)14-23-20(22-5-2)24-16-21(3,25)19-11-8-13-27-19;/h6-11,13,25H,4-5,12,14-16H2,1-3H3,(H2,22,23,24);1H. The number of nitrogens with one attached hydrogen (secondary N) is 2. The van der Waals surface area contributed by atoms with Gasteiger partial charge >= 0.3 is 0 Å². The Bertz CT molecular complexity index is 705. The van der Waals surface area contributed by atoms with E-state index in [4.69, 9.17) is 4.74 Å². The molecule has 156 valence electrons. The Kier molecular flexibility index (Phi) is 11.7. The highest BCUT2D eigenvalue weighted by Crippen LogP contribution is 2.24. The quantitative estimate of drug-likeness (QED) is 0.191. The van der Waals surface area contributed by atoms with E-state index in [1.54, 1.807) is 11.3 Å². The van der Waals surface area contributed by atoms with Crippen molar-refractivity contribution in [1.29, 1.82) is 0 Å². The van der Waals surface area contributed by atoms with Crippen LogP contribution in [-0.4, -0.2) is 30.8 Å². The molecule has 1 atom stereocenters. The third-order valence-corrected chi connectivity index (χ3v) is 5.25. The van der Waals surface area contributed by atoms with Crippen LogP contribution in [0.25, 0.3) is 0 Å². The zero-order valence-electron chi connectivity index (χ0n) is 16.9.